The van der Waals surface area contributed by atoms with Crippen LogP contribution in [0.2, 0.25) is 0 Å². The van der Waals surface area contributed by atoms with Gasteiger partial charge in [-0.05, 0) is 0 Å². The van der Waals surface area contributed by atoms with Crippen LogP contribution in [0.5, 0.6) is 0 Å². The Bertz CT molecular complexity index is 208. The van der Waals surface area contributed by atoms with Crippen LogP contribution in [-0.2, 0) is 9.59 Å². The Hall–Kier alpha value is -1.20. The Labute approximate surface area is 74.1 Å². The molecule has 1 atom stereocenters. The van der Waals surface area contributed by atoms with Crippen molar-refractivity contribution in [3.05, 3.63) is 0 Å². The van der Waals surface area contributed by atoms with E-state index in [0.717, 1.165) is 11.8 Å². The first-order chi connectivity index (χ1) is 5.86. The molecule has 0 bridgehead atoms. The molecule has 76 valence electrons. The molecule has 0 aromatic carbocycles. The van der Waals surface area contributed by atoms with Gasteiger partial charge in [0.2, 0.25) is 12.3 Å². The molecule has 13 heavy (non-hydrogen) atoms. The lowest BCUT2D eigenvalue weighted by Crippen LogP contribution is -2.42. The Morgan fingerprint density at radius 1 is 1.46 bits per heavy atom. The van der Waals surface area contributed by atoms with Gasteiger partial charge in [0.15, 0.2) is 0 Å². The van der Waals surface area contributed by atoms with Crippen molar-refractivity contribution in [1.29, 1.82) is 0 Å². The highest BCUT2D eigenvalue weighted by Crippen LogP contribution is 2.09. The van der Waals surface area contributed by atoms with Gasteiger partial charge in [0, 0.05) is 20.4 Å². The summed E-state index contributed by atoms with van der Waals surface area (Å²) in [5.41, 5.74) is 0. The van der Waals surface area contributed by atoms with Gasteiger partial charge in [-0.15, -0.1) is 0 Å². The number of rotatable bonds is 4. The molecule has 0 aliphatic carbocycles. The van der Waals surface area contributed by atoms with Gasteiger partial charge < -0.3 is 10.0 Å². The summed E-state index contributed by atoms with van der Waals surface area (Å²) in [4.78, 5) is 21.9. The van der Waals surface area contributed by atoms with Crippen LogP contribution in [0, 0.1) is 0 Å². The van der Waals surface area contributed by atoms with Crippen molar-refractivity contribution in [1.82, 2.24) is 4.90 Å². The zero-order chi connectivity index (χ0) is 10.6. The number of alkyl halides is 2. The molecule has 0 saturated heterocycles. The van der Waals surface area contributed by atoms with Crippen LogP contribution >= 0.6 is 0 Å². The number of carboxylic acids is 1. The molecule has 0 fully saturated rings. The molecule has 0 radical (unpaired) electrons. The molecule has 0 aromatic heterocycles. The molecular formula is C7H11F2NO3. The van der Waals surface area contributed by atoms with E-state index in [-0.39, 0.29) is 0 Å². The SMILES string of the molecule is CC(=O)N(C)C(CC(F)F)C(=O)O. The summed E-state index contributed by atoms with van der Waals surface area (Å²) in [5.74, 6) is -1.97. The van der Waals surface area contributed by atoms with E-state index in [2.05, 4.69) is 0 Å². The smallest absolute Gasteiger partial charge is 0.326 e. The molecule has 0 heterocycles. The molecule has 4 nitrogen and oxygen atoms in total. The topological polar surface area (TPSA) is 57.6 Å². The summed E-state index contributed by atoms with van der Waals surface area (Å²) in [5, 5.41) is 8.51. The van der Waals surface area contributed by atoms with E-state index in [0.29, 0.717) is 0 Å². The summed E-state index contributed by atoms with van der Waals surface area (Å²) in [6, 6.07) is -1.45. The van der Waals surface area contributed by atoms with E-state index in [4.69, 9.17) is 5.11 Å². The number of hydrogen-bond donors (Lipinski definition) is 1. The van der Waals surface area contributed by atoms with Crippen LogP contribution in [0.4, 0.5) is 8.78 Å². The van der Waals surface area contributed by atoms with Crippen LogP contribution in [0.3, 0.4) is 0 Å². The van der Waals surface area contributed by atoms with Crippen molar-refractivity contribution in [2.24, 2.45) is 0 Å². The van der Waals surface area contributed by atoms with Crippen molar-refractivity contribution in [3.8, 4) is 0 Å². The molecule has 1 amide bonds. The molecule has 0 aliphatic rings. The number of aliphatic carboxylic acids is 1. The maximum atomic E-state index is 11.9. The third-order valence-electron chi connectivity index (χ3n) is 1.65. The number of likely N-dealkylation sites (N-methyl/N-ethyl adjacent to an activating group) is 1. The number of hydrogen-bond acceptors (Lipinski definition) is 2. The van der Waals surface area contributed by atoms with E-state index in [1.54, 1.807) is 0 Å². The largest absolute Gasteiger partial charge is 0.480 e. The number of nitrogens with zero attached hydrogens (tertiary/aromatic N) is 1. The average molecular weight is 195 g/mol. The van der Waals surface area contributed by atoms with E-state index in [1.165, 1.54) is 7.05 Å². The van der Waals surface area contributed by atoms with Gasteiger partial charge in [-0.3, -0.25) is 4.79 Å². The second kappa shape index (κ2) is 4.74. The summed E-state index contributed by atoms with van der Waals surface area (Å²) in [6.45, 7) is 1.13. The van der Waals surface area contributed by atoms with Crippen LogP contribution in [0.1, 0.15) is 13.3 Å². The third-order valence-corrected chi connectivity index (χ3v) is 1.65. The van der Waals surface area contributed by atoms with E-state index in [1.807, 2.05) is 0 Å². The molecule has 1 N–H and O–H groups in total. The van der Waals surface area contributed by atoms with Gasteiger partial charge in [0.1, 0.15) is 6.04 Å². The van der Waals surface area contributed by atoms with E-state index in [9.17, 15) is 18.4 Å². The van der Waals surface area contributed by atoms with Crippen LogP contribution in [0.15, 0.2) is 0 Å². The Morgan fingerprint density at radius 3 is 2.15 bits per heavy atom. The summed E-state index contributed by atoms with van der Waals surface area (Å²) in [7, 11) is 1.18. The second-order valence-corrected chi connectivity index (χ2v) is 2.61. The normalized spacial score (nSPS) is 12.7. The fourth-order valence-electron chi connectivity index (χ4n) is 0.813. The zero-order valence-corrected chi connectivity index (χ0v) is 7.33. The Morgan fingerprint density at radius 2 is 1.92 bits per heavy atom. The predicted molar refractivity (Wildman–Crippen MR) is 40.5 cm³/mol. The van der Waals surface area contributed by atoms with Crippen molar-refractivity contribution < 1.29 is 23.5 Å². The van der Waals surface area contributed by atoms with Gasteiger partial charge in [-0.25, -0.2) is 13.6 Å². The Kier molecular flexibility index (Phi) is 4.30. The second-order valence-electron chi connectivity index (χ2n) is 2.61. The zero-order valence-electron chi connectivity index (χ0n) is 7.33. The summed E-state index contributed by atoms with van der Waals surface area (Å²) in [6.07, 6.45) is -3.58. The number of halogens is 2. The first kappa shape index (κ1) is 11.8. The number of carbonyl (C=O) groups is 2. The number of carboxylic acid groups (broad SMARTS) is 1. The van der Waals surface area contributed by atoms with Gasteiger partial charge in [0.05, 0.1) is 0 Å². The van der Waals surface area contributed by atoms with Gasteiger partial charge in [-0.2, -0.15) is 0 Å². The maximum Gasteiger partial charge on any atom is 0.326 e. The quantitative estimate of drug-likeness (QED) is 0.713. The van der Waals surface area contributed by atoms with Crippen molar-refractivity contribution >= 4 is 11.9 Å². The minimum Gasteiger partial charge on any atom is -0.480 e. The van der Waals surface area contributed by atoms with Crippen molar-refractivity contribution in [2.75, 3.05) is 7.05 Å². The lowest BCUT2D eigenvalue weighted by atomic mass is 10.2. The highest BCUT2D eigenvalue weighted by atomic mass is 19.3. The molecule has 0 spiro atoms. The van der Waals surface area contributed by atoms with Gasteiger partial charge >= 0.3 is 5.97 Å². The molecule has 0 rings (SSSR count). The number of amides is 1. The third kappa shape index (κ3) is 3.82. The fourth-order valence-corrected chi connectivity index (χ4v) is 0.813. The summed E-state index contributed by atoms with van der Waals surface area (Å²) < 4.78 is 23.7. The predicted octanol–water partition coefficient (Wildman–Crippen LogP) is 0.573. The lowest BCUT2D eigenvalue weighted by molar-refractivity contribution is -0.149. The van der Waals surface area contributed by atoms with E-state index >= 15 is 0 Å². The standard InChI is InChI=1S/C7H11F2NO3/c1-4(11)10(2)5(7(12)13)3-6(8)9/h5-6H,3H2,1-2H3,(H,12,13). The molecule has 1 unspecified atom stereocenters. The first-order valence-electron chi connectivity index (χ1n) is 3.60. The number of carbonyl (C=O) groups excluding carboxylic acids is 1. The van der Waals surface area contributed by atoms with Crippen LogP contribution in [0.25, 0.3) is 0 Å². The fraction of sp³-hybridized carbons (Fsp3) is 0.714. The van der Waals surface area contributed by atoms with Crippen molar-refractivity contribution in [2.45, 2.75) is 25.8 Å². The van der Waals surface area contributed by atoms with Crippen LogP contribution < -0.4 is 0 Å². The lowest BCUT2D eigenvalue weighted by Gasteiger charge is -2.22. The maximum absolute atomic E-state index is 11.9. The van der Waals surface area contributed by atoms with Gasteiger partial charge in [0.25, 0.3) is 0 Å². The van der Waals surface area contributed by atoms with Crippen LogP contribution in [-0.4, -0.2) is 41.4 Å². The minimum atomic E-state index is -2.73. The highest BCUT2D eigenvalue weighted by Gasteiger charge is 2.27. The van der Waals surface area contributed by atoms with E-state index < -0.39 is 30.8 Å². The average Bonchev–Trinajstić information content (AvgIpc) is 1.97. The highest BCUT2D eigenvalue weighted by molar-refractivity contribution is 5.81. The minimum absolute atomic E-state index is 0.548. The Balaban J connectivity index is 4.42. The van der Waals surface area contributed by atoms with Crippen molar-refractivity contribution in [3.63, 3.8) is 0 Å². The molecular weight excluding hydrogens is 184 g/mol. The molecule has 0 aromatic rings. The molecule has 0 aliphatic heterocycles. The molecule has 6 heteroatoms. The molecule has 0 saturated carbocycles. The van der Waals surface area contributed by atoms with Gasteiger partial charge in [-0.1, -0.05) is 0 Å². The first-order valence-corrected chi connectivity index (χ1v) is 3.60. The summed E-state index contributed by atoms with van der Waals surface area (Å²) >= 11 is 0. The monoisotopic (exact) mass is 195 g/mol.